The second-order valence-electron chi connectivity index (χ2n) is 22.6. The third-order valence-corrected chi connectivity index (χ3v) is 16.7. The molecule has 0 bridgehead atoms. The van der Waals surface area contributed by atoms with Gasteiger partial charge in [0.2, 0.25) is 65.0 Å². The van der Waals surface area contributed by atoms with E-state index in [9.17, 15) is 82.8 Å². The van der Waals surface area contributed by atoms with Gasteiger partial charge in [0.1, 0.15) is 66.5 Å². The molecule has 0 radical (unpaired) electrons. The van der Waals surface area contributed by atoms with E-state index in [1.54, 1.807) is 32.2 Å². The predicted molar refractivity (Wildman–Crippen MR) is 297 cm³/mol. The van der Waals surface area contributed by atoms with Crippen molar-refractivity contribution in [3.05, 3.63) is 36.0 Å². The van der Waals surface area contributed by atoms with Crippen LogP contribution in [-0.2, 0) is 68.7 Å². The van der Waals surface area contributed by atoms with Gasteiger partial charge in [-0.05, 0) is 89.2 Å². The summed E-state index contributed by atoms with van der Waals surface area (Å²) in [7, 11) is 0. The van der Waals surface area contributed by atoms with E-state index < -0.39 is 163 Å². The summed E-state index contributed by atoms with van der Waals surface area (Å²) in [6.07, 6.45) is 1.73. The van der Waals surface area contributed by atoms with E-state index in [-0.39, 0.29) is 89.9 Å². The average Bonchev–Trinajstić information content (AvgIpc) is 3.38. The van der Waals surface area contributed by atoms with Gasteiger partial charge in [-0.3, -0.25) is 57.5 Å². The Balaban J connectivity index is 1.02. The zero-order valence-corrected chi connectivity index (χ0v) is 48.0. The van der Waals surface area contributed by atoms with E-state index >= 15 is 0 Å². The lowest BCUT2D eigenvalue weighted by Gasteiger charge is -2.33. The lowest BCUT2D eigenvalue weighted by atomic mass is 9.97. The smallest absolute Gasteiger partial charge is 0.326 e. The zero-order chi connectivity index (χ0) is 62.0. The number of nitrogens with zero attached hydrogens (tertiary/aromatic N) is 4. The van der Waals surface area contributed by atoms with Gasteiger partial charge in [0.25, 0.3) is 0 Å². The Bertz CT molecular complexity index is 2900. The van der Waals surface area contributed by atoms with Crippen molar-refractivity contribution in [2.45, 2.75) is 184 Å². The monoisotopic (exact) mass is 1190 g/mol. The molecule has 1 aromatic carbocycles. The van der Waals surface area contributed by atoms with Crippen LogP contribution >= 0.6 is 0 Å². The first-order chi connectivity index (χ1) is 40.4. The van der Waals surface area contributed by atoms with Crippen molar-refractivity contribution in [1.82, 2.24) is 61.8 Å². The standard InChI is InChI=1S/C56H78N12O17/c1-5-28(2)44(50(78)62-37(27-69)54(82)67-22-10-16-40(67)55(83)68-23-11-17-41(68)56(84)85)63-51(79)45(30(4)70)64-47(75)35(25-43(72)73)60-48(76)39-15-9-21-66(39)53(81)36(24-31-26-57-33-13-7-6-12-32(31)33)61-49(77)38-14-8-20-65(38)52(80)29(3)58-46(74)34-18-19-42(71)59-34/h6-7,12-13,26,28-30,34-41,44-45,57,69-70H,5,8-11,14-25,27H2,1-4H3,(H,58,74)(H,59,71)(H,60,76)(H,61,77)(H,62,78)(H,63,79)(H,64,75)(H,72,73)(H,84,85)/t28-,29-,30+,34-,35-,36-,37-,38-,39-,40-,41-,44-,45-/m0/s1. The van der Waals surface area contributed by atoms with Crippen molar-refractivity contribution in [2.24, 2.45) is 5.92 Å². The fraction of sp³-hybridized carbons (Fsp3) is 0.625. The molecule has 29 nitrogen and oxygen atoms in total. The number of carboxylic acid groups (broad SMARTS) is 2. The fourth-order valence-corrected chi connectivity index (χ4v) is 11.9. The fourth-order valence-electron chi connectivity index (χ4n) is 11.9. The number of rotatable bonds is 25. The number of hydrogen-bond acceptors (Lipinski definition) is 15. The number of para-hydroxylation sites is 1. The van der Waals surface area contributed by atoms with E-state index in [0.717, 1.165) is 17.8 Å². The molecule has 5 saturated heterocycles. The van der Waals surface area contributed by atoms with Gasteiger partial charge in [-0.1, -0.05) is 38.5 Å². The Morgan fingerprint density at radius 2 is 1.15 bits per heavy atom. The molecule has 0 spiro atoms. The minimum Gasteiger partial charge on any atom is -0.481 e. The van der Waals surface area contributed by atoms with Crippen LogP contribution in [0.25, 0.3) is 10.9 Å². The summed E-state index contributed by atoms with van der Waals surface area (Å²) in [5.74, 6) is -11.9. The number of carbonyl (C=O) groups is 13. The summed E-state index contributed by atoms with van der Waals surface area (Å²) < 4.78 is 0. The summed E-state index contributed by atoms with van der Waals surface area (Å²) >= 11 is 0. The van der Waals surface area contributed by atoms with Crippen molar-refractivity contribution in [2.75, 3.05) is 32.8 Å². The number of carboxylic acids is 2. The van der Waals surface area contributed by atoms with Crippen LogP contribution in [0.3, 0.4) is 0 Å². The molecule has 12 N–H and O–H groups in total. The molecule has 7 rings (SSSR count). The van der Waals surface area contributed by atoms with Crippen LogP contribution in [0, 0.1) is 5.92 Å². The first-order valence-electron chi connectivity index (χ1n) is 29.1. The molecule has 0 unspecified atom stereocenters. The number of amides is 11. The van der Waals surface area contributed by atoms with E-state index in [0.29, 0.717) is 24.8 Å². The minimum atomic E-state index is -1.92. The SMILES string of the molecule is CC[C@H](C)[C@H](NC(=O)[C@@H](NC(=O)[C@H](CC(=O)O)NC(=O)[C@@H]1CCCN1C(=O)[C@H](Cc1c[nH]c2ccccc12)NC(=O)[C@@H]1CCCN1C(=O)[C@H](C)NC(=O)[C@@H]1CCC(=O)N1)[C@@H](C)O)C(=O)N[C@@H](CO)C(=O)N1CCC[C@H]1C(=O)N1CCC[C@H]1C(=O)O. The van der Waals surface area contributed by atoms with Crippen molar-refractivity contribution in [1.29, 1.82) is 0 Å². The molecular weight excluding hydrogens is 1110 g/mol. The van der Waals surface area contributed by atoms with Crippen molar-refractivity contribution in [3.63, 3.8) is 0 Å². The van der Waals surface area contributed by atoms with E-state index in [1.165, 1.54) is 26.5 Å². The number of H-pyrrole nitrogens is 1. The number of aliphatic hydroxyl groups is 2. The van der Waals surface area contributed by atoms with E-state index in [1.807, 2.05) is 12.1 Å². The number of aromatic amines is 1. The minimum absolute atomic E-state index is 0.00571. The maximum Gasteiger partial charge on any atom is 0.326 e. The van der Waals surface area contributed by atoms with Gasteiger partial charge in [-0.2, -0.15) is 0 Å². The molecule has 85 heavy (non-hydrogen) atoms. The highest BCUT2D eigenvalue weighted by molar-refractivity contribution is 6.01. The predicted octanol–water partition coefficient (Wildman–Crippen LogP) is -3.14. The number of hydrogen-bond donors (Lipinski definition) is 12. The van der Waals surface area contributed by atoms with Crippen LogP contribution in [0.15, 0.2) is 30.5 Å². The van der Waals surface area contributed by atoms with Gasteiger partial charge >= 0.3 is 11.9 Å². The first kappa shape index (κ1) is 64.4. The van der Waals surface area contributed by atoms with E-state index in [4.69, 9.17) is 0 Å². The molecule has 1 aromatic heterocycles. The van der Waals surface area contributed by atoms with Crippen molar-refractivity contribution >= 4 is 87.8 Å². The van der Waals surface area contributed by atoms with E-state index in [2.05, 4.69) is 42.2 Å². The summed E-state index contributed by atoms with van der Waals surface area (Å²) in [5, 5.41) is 59.2. The number of aromatic nitrogens is 1. The topological polar surface area (TPSA) is 416 Å². The van der Waals surface area contributed by atoms with Crippen LogP contribution in [0.5, 0.6) is 0 Å². The molecule has 5 aliphatic rings. The van der Waals surface area contributed by atoms with Gasteiger partial charge in [-0.25, -0.2) is 4.79 Å². The highest BCUT2D eigenvalue weighted by atomic mass is 16.4. The highest BCUT2D eigenvalue weighted by Gasteiger charge is 2.46. The molecular formula is C56H78N12O17. The maximum absolute atomic E-state index is 14.9. The number of aliphatic hydroxyl groups excluding tert-OH is 2. The Hall–Kier alpha value is -8.21. The lowest BCUT2D eigenvalue weighted by Crippen LogP contribution is -2.63. The Kier molecular flexibility index (Phi) is 21.6. The third-order valence-electron chi connectivity index (χ3n) is 16.7. The quantitative estimate of drug-likeness (QED) is 0.0467. The summed E-state index contributed by atoms with van der Waals surface area (Å²) in [4.78, 5) is 184. The molecule has 13 atom stereocenters. The summed E-state index contributed by atoms with van der Waals surface area (Å²) in [6, 6.07) is -7.39. The maximum atomic E-state index is 14.9. The van der Waals surface area contributed by atoms with Gasteiger partial charge in [-0.15, -0.1) is 0 Å². The largest absolute Gasteiger partial charge is 0.481 e. The molecule has 0 saturated carbocycles. The molecule has 11 amide bonds. The zero-order valence-electron chi connectivity index (χ0n) is 48.0. The number of fused-ring (bicyclic) bond motifs is 1. The molecule has 2 aromatic rings. The summed E-state index contributed by atoms with van der Waals surface area (Å²) in [6.45, 7) is 5.33. The second-order valence-corrected chi connectivity index (χ2v) is 22.6. The molecule has 5 aliphatic heterocycles. The number of carbonyl (C=O) groups excluding carboxylic acids is 11. The lowest BCUT2D eigenvalue weighted by molar-refractivity contribution is -0.152. The number of aliphatic carboxylic acids is 2. The molecule has 5 fully saturated rings. The van der Waals surface area contributed by atoms with Crippen LogP contribution < -0.4 is 37.2 Å². The first-order valence-corrected chi connectivity index (χ1v) is 29.1. The highest BCUT2D eigenvalue weighted by Crippen LogP contribution is 2.28. The van der Waals surface area contributed by atoms with Gasteiger partial charge in [0.05, 0.1) is 19.1 Å². The van der Waals surface area contributed by atoms with Crippen LogP contribution in [0.2, 0.25) is 0 Å². The third kappa shape index (κ3) is 15.2. The molecule has 464 valence electrons. The van der Waals surface area contributed by atoms with Crippen molar-refractivity contribution in [3.8, 4) is 0 Å². The number of nitrogens with one attached hydrogen (secondary N) is 8. The molecule has 0 aliphatic carbocycles. The van der Waals surface area contributed by atoms with Gasteiger partial charge in [0, 0.05) is 56.1 Å². The molecule has 29 heteroatoms. The Morgan fingerprint density at radius 3 is 1.73 bits per heavy atom. The summed E-state index contributed by atoms with van der Waals surface area (Å²) in [5.41, 5.74) is 1.35. The Morgan fingerprint density at radius 1 is 0.612 bits per heavy atom. The van der Waals surface area contributed by atoms with Crippen LogP contribution in [0.4, 0.5) is 0 Å². The molecule has 6 heterocycles. The normalized spacial score (nSPS) is 23.1. The second kappa shape index (κ2) is 28.6. The van der Waals surface area contributed by atoms with Crippen molar-refractivity contribution < 1.29 is 82.8 Å². The van der Waals surface area contributed by atoms with Crippen LogP contribution in [0.1, 0.15) is 110 Å². The average molecular weight is 1190 g/mol. The van der Waals surface area contributed by atoms with Gasteiger partial charge < -0.3 is 82.2 Å². The number of likely N-dealkylation sites (tertiary alicyclic amines) is 4. The van der Waals surface area contributed by atoms with Gasteiger partial charge in [0.15, 0.2) is 0 Å². The number of benzene rings is 1. The van der Waals surface area contributed by atoms with Crippen LogP contribution in [-0.4, -0.2) is 227 Å². The Labute approximate surface area is 489 Å².